The molecule has 2 aliphatic heterocycles. The van der Waals surface area contributed by atoms with E-state index in [1.165, 1.54) is 35.4 Å². The van der Waals surface area contributed by atoms with E-state index < -0.39 is 40.9 Å². The van der Waals surface area contributed by atoms with Gasteiger partial charge in [-0.05, 0) is 25.0 Å². The third kappa shape index (κ3) is 4.45. The monoisotopic (exact) mass is 554 g/mol. The van der Waals surface area contributed by atoms with Gasteiger partial charge < -0.3 is 15.4 Å². The molecule has 5 rings (SSSR count). The van der Waals surface area contributed by atoms with Crippen molar-refractivity contribution >= 4 is 11.8 Å². The number of alkyl halides is 6. The molecule has 2 amide bonds. The zero-order valence-corrected chi connectivity index (χ0v) is 20.6. The Balaban J connectivity index is 1.40. The van der Waals surface area contributed by atoms with Crippen LogP contribution in [0.5, 0.6) is 0 Å². The predicted molar refractivity (Wildman–Crippen MR) is 127 cm³/mol. The first-order valence-corrected chi connectivity index (χ1v) is 12.0. The number of anilines is 1. The average molecular weight is 554 g/mol. The molecule has 1 fully saturated rings. The molecule has 8 nitrogen and oxygen atoms in total. The van der Waals surface area contributed by atoms with Gasteiger partial charge >= 0.3 is 18.4 Å². The number of hydrogen-bond acceptors (Lipinski definition) is 5. The second kappa shape index (κ2) is 9.14. The van der Waals surface area contributed by atoms with Crippen LogP contribution < -0.4 is 11.1 Å². The van der Waals surface area contributed by atoms with Crippen molar-refractivity contribution in [1.82, 2.24) is 25.0 Å². The van der Waals surface area contributed by atoms with Crippen LogP contribution in [-0.4, -0.2) is 52.1 Å². The van der Waals surface area contributed by atoms with Crippen molar-refractivity contribution in [2.45, 2.75) is 42.9 Å². The number of methoxy groups -OCH3 is 1. The van der Waals surface area contributed by atoms with Crippen LogP contribution in [0.1, 0.15) is 29.7 Å². The number of likely N-dealkylation sites (tertiary alicyclic amines) is 1. The number of nitrogens with one attached hydrogen (secondary N) is 1. The molecule has 14 heteroatoms. The van der Waals surface area contributed by atoms with Gasteiger partial charge in [-0.25, -0.2) is 9.78 Å². The fourth-order valence-corrected chi connectivity index (χ4v) is 5.40. The van der Waals surface area contributed by atoms with Crippen LogP contribution in [-0.2, 0) is 28.6 Å². The first kappa shape index (κ1) is 26.8. The Hall–Kier alpha value is -3.81. The molecule has 1 spiro atoms. The summed E-state index contributed by atoms with van der Waals surface area (Å²) in [4.78, 5) is 18.1. The summed E-state index contributed by atoms with van der Waals surface area (Å²) >= 11 is 0. The number of ether oxygens (including phenoxy) is 1. The highest BCUT2D eigenvalue weighted by molar-refractivity contribution is 5.76. The van der Waals surface area contributed by atoms with Crippen molar-refractivity contribution in [2.75, 3.05) is 25.9 Å². The second-order valence-electron chi connectivity index (χ2n) is 9.67. The minimum Gasteiger partial charge on any atom is -0.383 e. The molecule has 208 valence electrons. The molecule has 2 aromatic heterocycles. The number of fused-ring (bicyclic) bond motifs is 2. The Labute approximate surface area is 218 Å². The highest BCUT2D eigenvalue weighted by atomic mass is 19.4. The lowest BCUT2D eigenvalue weighted by atomic mass is 9.82. The summed E-state index contributed by atoms with van der Waals surface area (Å²) < 4.78 is 89.2. The molecule has 0 bridgehead atoms. The third-order valence-corrected chi connectivity index (χ3v) is 7.45. The fourth-order valence-electron chi connectivity index (χ4n) is 5.40. The quantitative estimate of drug-likeness (QED) is 0.361. The number of carbonyl (C=O) groups is 1. The molecular formula is C25H24F6N6O2. The number of nitrogens with zero attached hydrogens (tertiary/aromatic N) is 4. The SMILES string of the molecule is COC(NC(=O)N1CCC2(CCn3nc(-c4cnc(N)c(C(F)(F)F)c4)cc32)C1)(c1ccccc1)C(F)(F)F. The Morgan fingerprint density at radius 3 is 2.41 bits per heavy atom. The maximum Gasteiger partial charge on any atom is 0.441 e. The van der Waals surface area contributed by atoms with Gasteiger partial charge in [-0.15, -0.1) is 0 Å². The molecule has 2 atom stereocenters. The molecule has 39 heavy (non-hydrogen) atoms. The van der Waals surface area contributed by atoms with Gasteiger partial charge in [0.25, 0.3) is 5.72 Å². The van der Waals surface area contributed by atoms with Crippen LogP contribution in [0.3, 0.4) is 0 Å². The van der Waals surface area contributed by atoms with Gasteiger partial charge in [0.1, 0.15) is 5.82 Å². The molecule has 0 aliphatic carbocycles. The molecular weight excluding hydrogens is 530 g/mol. The molecule has 0 saturated carbocycles. The van der Waals surface area contributed by atoms with Crippen molar-refractivity contribution in [2.24, 2.45) is 0 Å². The molecule has 0 radical (unpaired) electrons. The van der Waals surface area contributed by atoms with Gasteiger partial charge in [-0.2, -0.15) is 31.4 Å². The zero-order chi connectivity index (χ0) is 28.2. The van der Waals surface area contributed by atoms with E-state index in [1.54, 1.807) is 16.8 Å². The van der Waals surface area contributed by atoms with Crippen molar-refractivity contribution in [3.63, 3.8) is 0 Å². The molecule has 1 saturated heterocycles. The van der Waals surface area contributed by atoms with E-state index in [0.717, 1.165) is 13.2 Å². The lowest BCUT2D eigenvalue weighted by Gasteiger charge is -2.36. The number of benzene rings is 1. The number of nitrogen functional groups attached to an aromatic ring is 1. The highest BCUT2D eigenvalue weighted by Crippen LogP contribution is 2.45. The van der Waals surface area contributed by atoms with Crippen molar-refractivity contribution in [3.05, 3.63) is 65.5 Å². The van der Waals surface area contributed by atoms with E-state index >= 15 is 0 Å². The molecule has 2 unspecified atom stereocenters. The largest absolute Gasteiger partial charge is 0.441 e. The number of urea groups is 1. The summed E-state index contributed by atoms with van der Waals surface area (Å²) in [6.07, 6.45) is -7.44. The second-order valence-corrected chi connectivity index (χ2v) is 9.67. The summed E-state index contributed by atoms with van der Waals surface area (Å²) in [6.45, 7) is 0.707. The van der Waals surface area contributed by atoms with Crippen LogP contribution in [0.4, 0.5) is 37.0 Å². The van der Waals surface area contributed by atoms with Gasteiger partial charge in [0.15, 0.2) is 0 Å². The van der Waals surface area contributed by atoms with Gasteiger partial charge in [0.05, 0.1) is 11.3 Å². The summed E-state index contributed by atoms with van der Waals surface area (Å²) in [5.74, 6) is -0.645. The predicted octanol–water partition coefficient (Wildman–Crippen LogP) is 4.66. The molecule has 1 aromatic carbocycles. The molecule has 2 aliphatic rings. The number of rotatable bonds is 4. The van der Waals surface area contributed by atoms with E-state index in [1.807, 2.05) is 0 Å². The lowest BCUT2D eigenvalue weighted by Crippen LogP contribution is -2.60. The number of amides is 2. The zero-order valence-electron chi connectivity index (χ0n) is 20.6. The summed E-state index contributed by atoms with van der Waals surface area (Å²) in [5.41, 5.74) is 1.46. The molecule has 3 aromatic rings. The molecule has 3 N–H and O–H groups in total. The lowest BCUT2D eigenvalue weighted by molar-refractivity contribution is -0.285. The summed E-state index contributed by atoms with van der Waals surface area (Å²) in [5, 5.41) is 6.48. The number of hydrogen-bond donors (Lipinski definition) is 2. The van der Waals surface area contributed by atoms with Crippen LogP contribution in [0.25, 0.3) is 11.3 Å². The third-order valence-electron chi connectivity index (χ3n) is 7.45. The standard InChI is InChI=1S/C25H24F6N6O2/c1-39-23(25(29,30)31,16-5-3-2-4-6-16)34-21(38)36-9-7-22(14-36)8-10-37-19(22)12-18(35-37)15-11-17(24(26,27)28)20(32)33-13-15/h2-6,11-13H,7-10,14H2,1H3,(H2,32,33)(H,34,38). The van der Waals surface area contributed by atoms with Crippen molar-refractivity contribution in [1.29, 1.82) is 0 Å². The Kier molecular flexibility index (Phi) is 6.28. The van der Waals surface area contributed by atoms with Crippen LogP contribution in [0.15, 0.2) is 48.7 Å². The minimum atomic E-state index is -4.96. The van der Waals surface area contributed by atoms with Crippen LogP contribution in [0.2, 0.25) is 0 Å². The van der Waals surface area contributed by atoms with E-state index in [4.69, 9.17) is 10.5 Å². The number of aromatic nitrogens is 3. The first-order chi connectivity index (χ1) is 18.3. The van der Waals surface area contributed by atoms with E-state index in [9.17, 15) is 31.1 Å². The number of nitrogens with two attached hydrogens (primary N) is 1. The van der Waals surface area contributed by atoms with E-state index in [0.29, 0.717) is 25.1 Å². The average Bonchev–Trinajstić information content (AvgIpc) is 3.58. The van der Waals surface area contributed by atoms with Gasteiger partial charge in [0, 0.05) is 55.2 Å². The summed E-state index contributed by atoms with van der Waals surface area (Å²) in [6, 6.07) is 8.38. The highest BCUT2D eigenvalue weighted by Gasteiger charge is 2.59. The Bertz CT molecular complexity index is 1390. The number of carbonyl (C=O) groups excluding carboxylic acids is 1. The van der Waals surface area contributed by atoms with E-state index in [-0.39, 0.29) is 29.9 Å². The maximum absolute atomic E-state index is 14.2. The maximum atomic E-state index is 14.2. The fraction of sp³-hybridized carbons (Fsp3) is 0.400. The van der Waals surface area contributed by atoms with Gasteiger partial charge in [0.2, 0.25) is 0 Å². The number of aryl methyl sites for hydroxylation is 1. The Morgan fingerprint density at radius 1 is 1.08 bits per heavy atom. The van der Waals surface area contributed by atoms with Crippen molar-refractivity contribution < 1.29 is 35.9 Å². The van der Waals surface area contributed by atoms with Crippen molar-refractivity contribution in [3.8, 4) is 11.3 Å². The topological polar surface area (TPSA) is 98.3 Å². The molecule has 4 heterocycles. The van der Waals surface area contributed by atoms with Gasteiger partial charge in [-0.1, -0.05) is 30.3 Å². The number of halogens is 6. The normalized spacial score (nSPS) is 20.7. The van der Waals surface area contributed by atoms with Crippen LogP contribution >= 0.6 is 0 Å². The van der Waals surface area contributed by atoms with E-state index in [2.05, 4.69) is 15.4 Å². The summed E-state index contributed by atoms with van der Waals surface area (Å²) in [7, 11) is 0.875. The minimum absolute atomic E-state index is 0.101. The Morgan fingerprint density at radius 2 is 1.77 bits per heavy atom. The number of pyridine rings is 1. The van der Waals surface area contributed by atoms with Crippen LogP contribution in [0, 0.1) is 0 Å². The first-order valence-electron chi connectivity index (χ1n) is 12.0. The van der Waals surface area contributed by atoms with Gasteiger partial charge in [-0.3, -0.25) is 10.00 Å². The smallest absolute Gasteiger partial charge is 0.383 e.